The van der Waals surface area contributed by atoms with Crippen LogP contribution in [0.3, 0.4) is 0 Å². The van der Waals surface area contributed by atoms with Crippen molar-refractivity contribution in [1.29, 1.82) is 0 Å². The highest BCUT2D eigenvalue weighted by Crippen LogP contribution is 2.43. The second-order valence-corrected chi connectivity index (χ2v) is 7.23. The van der Waals surface area contributed by atoms with Crippen molar-refractivity contribution in [3.8, 4) is 11.5 Å². The lowest BCUT2D eigenvalue weighted by atomic mass is 9.75. The Balaban J connectivity index is 1.88. The van der Waals surface area contributed by atoms with E-state index >= 15 is 0 Å². The van der Waals surface area contributed by atoms with E-state index in [0.29, 0.717) is 11.5 Å². The Morgan fingerprint density at radius 1 is 1.10 bits per heavy atom. The van der Waals surface area contributed by atoms with E-state index in [1.165, 1.54) is 0 Å². The molecular formula is C14H19BBrNO4. The first-order chi connectivity index (χ1) is 9.71. The van der Waals surface area contributed by atoms with Gasteiger partial charge in [-0.2, -0.15) is 0 Å². The minimum absolute atomic E-state index is 0.233. The van der Waals surface area contributed by atoms with Gasteiger partial charge in [0.25, 0.3) is 0 Å². The molecular weight excluding hydrogens is 337 g/mol. The Kier molecular flexibility index (Phi) is 3.52. The van der Waals surface area contributed by atoms with Crippen LogP contribution in [0.4, 0.5) is 0 Å². The van der Waals surface area contributed by atoms with Crippen LogP contribution in [-0.4, -0.2) is 25.1 Å². The molecule has 2 heterocycles. The van der Waals surface area contributed by atoms with Gasteiger partial charge in [-0.15, -0.1) is 0 Å². The summed E-state index contributed by atoms with van der Waals surface area (Å²) in [5, 5.41) is 0. The molecule has 0 unspecified atom stereocenters. The molecule has 0 aromatic heterocycles. The van der Waals surface area contributed by atoms with E-state index < -0.39 is 24.3 Å². The number of ether oxygens (including phenoxy) is 2. The van der Waals surface area contributed by atoms with Crippen molar-refractivity contribution < 1.29 is 18.8 Å². The molecule has 1 aromatic rings. The van der Waals surface area contributed by atoms with E-state index in [-0.39, 0.29) is 6.79 Å². The maximum absolute atomic E-state index is 6.36. The summed E-state index contributed by atoms with van der Waals surface area (Å²) in [6.07, 6.45) is 0. The number of rotatable bonds is 2. The van der Waals surface area contributed by atoms with E-state index in [4.69, 9.17) is 24.5 Å². The number of nitrogens with two attached hydrogens (primary N) is 1. The van der Waals surface area contributed by atoms with Crippen molar-refractivity contribution in [3.05, 3.63) is 22.2 Å². The highest BCUT2D eigenvalue weighted by molar-refractivity contribution is 9.10. The molecule has 0 saturated carbocycles. The van der Waals surface area contributed by atoms with Crippen molar-refractivity contribution in [1.82, 2.24) is 0 Å². The van der Waals surface area contributed by atoms with Gasteiger partial charge in [0.1, 0.15) is 0 Å². The maximum Gasteiger partial charge on any atom is 0.480 e. The Bertz CT molecular complexity index is 562. The molecule has 2 aliphatic rings. The molecule has 1 fully saturated rings. The third kappa shape index (κ3) is 2.46. The van der Waals surface area contributed by atoms with Crippen LogP contribution >= 0.6 is 15.9 Å². The van der Waals surface area contributed by atoms with E-state index in [0.717, 1.165) is 10.0 Å². The maximum atomic E-state index is 6.36. The Morgan fingerprint density at radius 2 is 1.62 bits per heavy atom. The first-order valence-corrected chi connectivity index (χ1v) is 7.71. The van der Waals surface area contributed by atoms with Gasteiger partial charge >= 0.3 is 7.12 Å². The smallest absolute Gasteiger partial charge is 0.454 e. The average Bonchev–Trinajstić information content (AvgIpc) is 2.89. The molecule has 0 aliphatic carbocycles. The van der Waals surface area contributed by atoms with Gasteiger partial charge in [-0.25, -0.2) is 0 Å². The predicted molar refractivity (Wildman–Crippen MR) is 83.3 cm³/mol. The summed E-state index contributed by atoms with van der Waals surface area (Å²) in [6.45, 7) is 8.27. The quantitative estimate of drug-likeness (QED) is 0.826. The largest absolute Gasteiger partial charge is 0.480 e. The molecule has 21 heavy (non-hydrogen) atoms. The van der Waals surface area contributed by atoms with Gasteiger partial charge in [-0.05, 0) is 45.4 Å². The van der Waals surface area contributed by atoms with E-state index in [2.05, 4.69) is 15.9 Å². The van der Waals surface area contributed by atoms with Crippen LogP contribution < -0.4 is 15.2 Å². The van der Waals surface area contributed by atoms with Gasteiger partial charge in [0.2, 0.25) is 6.79 Å². The van der Waals surface area contributed by atoms with Crippen LogP contribution in [0.25, 0.3) is 0 Å². The lowest BCUT2D eigenvalue weighted by Crippen LogP contribution is -2.41. The fraction of sp³-hybridized carbons (Fsp3) is 0.571. The lowest BCUT2D eigenvalue weighted by molar-refractivity contribution is 0.00578. The Morgan fingerprint density at radius 3 is 2.19 bits per heavy atom. The average molecular weight is 356 g/mol. The van der Waals surface area contributed by atoms with Crippen LogP contribution in [0.2, 0.25) is 0 Å². The molecule has 1 atom stereocenters. The van der Waals surface area contributed by atoms with Gasteiger partial charge < -0.3 is 24.5 Å². The first-order valence-electron chi connectivity index (χ1n) is 6.91. The van der Waals surface area contributed by atoms with Gasteiger partial charge in [-0.3, -0.25) is 0 Å². The molecule has 2 N–H and O–H groups in total. The summed E-state index contributed by atoms with van der Waals surface area (Å²) in [6, 6.07) is 3.74. The normalized spacial score (nSPS) is 23.4. The van der Waals surface area contributed by atoms with Crippen molar-refractivity contribution in [3.63, 3.8) is 0 Å². The molecule has 2 aliphatic heterocycles. The van der Waals surface area contributed by atoms with E-state index in [1.807, 2.05) is 39.8 Å². The summed E-state index contributed by atoms with van der Waals surface area (Å²) in [4.78, 5) is 0. The van der Waals surface area contributed by atoms with Crippen molar-refractivity contribution in [2.24, 2.45) is 5.73 Å². The molecule has 3 rings (SSSR count). The fourth-order valence-electron chi connectivity index (χ4n) is 2.37. The summed E-state index contributed by atoms with van der Waals surface area (Å²) in [5.41, 5.74) is 6.42. The highest BCUT2D eigenvalue weighted by Gasteiger charge is 2.53. The monoisotopic (exact) mass is 355 g/mol. The van der Waals surface area contributed by atoms with Crippen molar-refractivity contribution >= 4 is 23.0 Å². The summed E-state index contributed by atoms with van der Waals surface area (Å²) in [7, 11) is -0.508. The van der Waals surface area contributed by atoms with Gasteiger partial charge in [0.05, 0.1) is 17.1 Å². The molecule has 5 nitrogen and oxygen atoms in total. The number of halogens is 1. The SMILES string of the molecule is CC1(C)OB([C@H](N)c2cc3c(cc2Br)OCO3)OC1(C)C. The molecule has 114 valence electrons. The number of fused-ring (bicyclic) bond motifs is 1. The standard InChI is InChI=1S/C14H19BBrNO4/c1-13(2)14(3,4)21-15(20-13)12(17)8-5-10-11(6-9(8)16)19-7-18-10/h5-6,12H,7,17H2,1-4H3/t12-/m1/s1. The van der Waals surface area contributed by atoms with Crippen LogP contribution in [0, 0.1) is 0 Å². The molecule has 0 radical (unpaired) electrons. The zero-order chi connectivity index (χ0) is 15.4. The minimum atomic E-state index is -0.508. The second-order valence-electron chi connectivity index (χ2n) is 6.38. The Hall–Kier alpha value is -0.755. The van der Waals surface area contributed by atoms with Crippen LogP contribution in [0.5, 0.6) is 11.5 Å². The molecule has 0 amide bonds. The third-order valence-electron chi connectivity index (χ3n) is 4.42. The minimum Gasteiger partial charge on any atom is -0.454 e. The van der Waals surface area contributed by atoms with Crippen LogP contribution in [-0.2, 0) is 9.31 Å². The zero-order valence-electron chi connectivity index (χ0n) is 12.6. The number of hydrogen-bond donors (Lipinski definition) is 1. The fourth-order valence-corrected chi connectivity index (χ4v) is 2.96. The third-order valence-corrected chi connectivity index (χ3v) is 5.10. The second kappa shape index (κ2) is 4.88. The van der Waals surface area contributed by atoms with Crippen LogP contribution in [0.1, 0.15) is 39.2 Å². The van der Waals surface area contributed by atoms with E-state index in [1.54, 1.807) is 0 Å². The highest BCUT2D eigenvalue weighted by atomic mass is 79.9. The summed E-state index contributed by atoms with van der Waals surface area (Å²) >= 11 is 3.53. The van der Waals surface area contributed by atoms with Crippen molar-refractivity contribution in [2.75, 3.05) is 6.79 Å². The summed E-state index contributed by atoms with van der Waals surface area (Å²) in [5.74, 6) is 0.988. The zero-order valence-corrected chi connectivity index (χ0v) is 14.2. The van der Waals surface area contributed by atoms with Gasteiger partial charge in [0.15, 0.2) is 11.5 Å². The molecule has 0 bridgehead atoms. The molecule has 7 heteroatoms. The number of benzene rings is 1. The molecule has 1 saturated heterocycles. The van der Waals surface area contributed by atoms with Gasteiger partial charge in [-0.1, -0.05) is 15.9 Å². The van der Waals surface area contributed by atoms with Crippen LogP contribution in [0.15, 0.2) is 16.6 Å². The number of hydrogen-bond acceptors (Lipinski definition) is 5. The first kappa shape index (κ1) is 15.2. The molecule has 1 aromatic carbocycles. The topological polar surface area (TPSA) is 62.9 Å². The Labute approximate surface area is 133 Å². The predicted octanol–water partition coefficient (Wildman–Crippen LogP) is 2.81. The van der Waals surface area contributed by atoms with Crippen molar-refractivity contribution in [2.45, 2.75) is 44.8 Å². The molecule has 0 spiro atoms. The van der Waals surface area contributed by atoms with Gasteiger partial charge in [0, 0.05) is 4.47 Å². The summed E-state index contributed by atoms with van der Waals surface area (Å²) < 4.78 is 23.6. The van der Waals surface area contributed by atoms with E-state index in [9.17, 15) is 0 Å². The lowest BCUT2D eigenvalue weighted by Gasteiger charge is -2.32.